The molecule has 6 rings (SSSR count). The van der Waals surface area contributed by atoms with E-state index in [0.717, 1.165) is 77.4 Å². The Labute approximate surface area is 299 Å². The zero-order valence-electron chi connectivity index (χ0n) is 31.4. The fourth-order valence-corrected chi connectivity index (χ4v) is 12.8. The Hall–Kier alpha value is -1.56. The summed E-state index contributed by atoms with van der Waals surface area (Å²) in [5.74, 6) is -0.0609. The van der Waals surface area contributed by atoms with E-state index < -0.39 is 47.5 Å². The largest absolute Gasteiger partial charge is 0.479 e. The van der Waals surface area contributed by atoms with Gasteiger partial charge in [0.1, 0.15) is 24.9 Å². The molecule has 1 heterocycles. The van der Waals surface area contributed by atoms with Crippen molar-refractivity contribution in [2.75, 3.05) is 26.2 Å². The first-order chi connectivity index (χ1) is 23.5. The van der Waals surface area contributed by atoms with Gasteiger partial charge < -0.3 is 39.9 Å². The molecule has 5 aliphatic carbocycles. The molecule has 5 fully saturated rings. The minimum absolute atomic E-state index is 0.00598. The van der Waals surface area contributed by atoms with Gasteiger partial charge in [0.25, 0.3) is 0 Å². The molecule has 0 amide bonds. The molecule has 0 radical (unpaired) electrons. The molecule has 10 nitrogen and oxygen atoms in total. The Morgan fingerprint density at radius 1 is 0.900 bits per heavy atom. The number of rotatable bonds is 9. The van der Waals surface area contributed by atoms with Gasteiger partial charge in [-0.05, 0) is 137 Å². The lowest BCUT2D eigenvalue weighted by Crippen LogP contribution is -2.65. The van der Waals surface area contributed by atoms with E-state index in [1.807, 2.05) is 6.92 Å². The van der Waals surface area contributed by atoms with E-state index in [-0.39, 0.29) is 41.0 Å². The Kier molecular flexibility index (Phi) is 10.7. The van der Waals surface area contributed by atoms with Crippen LogP contribution in [0.2, 0.25) is 0 Å². The molecule has 0 bridgehead atoms. The standard InChI is InChI=1S/C40H65NO9/c1-7-41(8-2)19-20-49-36(47)40-17-11-23(3)21-27(40)25-9-10-29-37(4,26(25)13-18-40)16-14-30-38(29,5)15-12-24(39(30,6)48)22-28-31(42)32(43)33(44)34(50-28)35(45)46/h9,23-24,26-34,42-44,48H,7-8,10-22H2,1-6H3,(H,45,46)/t23?,24?,26?,27?,28?,29?,30?,31?,32?,33?,34?,37?,38?,39-,40?/m1/s1. The number of carbonyl (C=O) groups is 2. The van der Waals surface area contributed by atoms with Crippen LogP contribution in [0.3, 0.4) is 0 Å². The number of aliphatic hydroxyl groups excluding tert-OH is 3. The van der Waals surface area contributed by atoms with Crippen LogP contribution in [0.1, 0.15) is 112 Å². The van der Waals surface area contributed by atoms with E-state index >= 15 is 0 Å². The van der Waals surface area contributed by atoms with Crippen molar-refractivity contribution < 1.29 is 44.6 Å². The maximum Gasteiger partial charge on any atom is 0.335 e. The zero-order chi connectivity index (χ0) is 36.4. The van der Waals surface area contributed by atoms with Crippen LogP contribution in [-0.2, 0) is 19.1 Å². The molecule has 50 heavy (non-hydrogen) atoms. The van der Waals surface area contributed by atoms with Crippen molar-refractivity contribution in [1.82, 2.24) is 4.90 Å². The quantitative estimate of drug-likeness (QED) is 0.170. The van der Waals surface area contributed by atoms with Gasteiger partial charge in [-0.25, -0.2) is 4.79 Å². The highest BCUT2D eigenvalue weighted by Crippen LogP contribution is 2.71. The number of likely N-dealkylation sites (N-methyl/N-ethyl adjacent to an activating group) is 1. The summed E-state index contributed by atoms with van der Waals surface area (Å²) in [6, 6.07) is 0. The van der Waals surface area contributed by atoms with Crippen LogP contribution in [0.15, 0.2) is 11.6 Å². The highest BCUT2D eigenvalue weighted by molar-refractivity contribution is 5.78. The highest BCUT2D eigenvalue weighted by Gasteiger charge is 2.66. The third kappa shape index (κ3) is 6.09. The number of ether oxygens (including phenoxy) is 2. The van der Waals surface area contributed by atoms with Crippen LogP contribution in [0, 0.1) is 51.8 Å². The normalized spacial score (nSPS) is 48.8. The van der Waals surface area contributed by atoms with Crippen LogP contribution < -0.4 is 0 Å². The number of esters is 1. The average molecular weight is 704 g/mol. The van der Waals surface area contributed by atoms with Crippen molar-refractivity contribution in [1.29, 1.82) is 0 Å². The van der Waals surface area contributed by atoms with E-state index in [0.29, 0.717) is 30.8 Å². The Morgan fingerprint density at radius 2 is 1.58 bits per heavy atom. The number of hydrogen-bond donors (Lipinski definition) is 5. The third-order valence-corrected chi connectivity index (χ3v) is 15.8. The predicted octanol–water partition coefficient (Wildman–Crippen LogP) is 4.56. The summed E-state index contributed by atoms with van der Waals surface area (Å²) in [4.78, 5) is 28.1. The second-order valence-corrected chi connectivity index (χ2v) is 18.0. The van der Waals surface area contributed by atoms with Crippen LogP contribution in [0.25, 0.3) is 0 Å². The van der Waals surface area contributed by atoms with Gasteiger partial charge in [0.15, 0.2) is 6.10 Å². The molecule has 0 aromatic heterocycles. The van der Waals surface area contributed by atoms with Crippen molar-refractivity contribution >= 4 is 11.9 Å². The Bertz CT molecular complexity index is 1300. The van der Waals surface area contributed by atoms with Crippen LogP contribution in [0.4, 0.5) is 0 Å². The SMILES string of the molecule is CCN(CC)CCOC(=O)C12CCC(C)CC1C1=CCC3C(C)(CCC4C3(C)CCC(CC3OC(C(=O)O)C(O)C(O)C3O)[C@@]4(C)O)C1CC2. The molecule has 4 saturated carbocycles. The van der Waals surface area contributed by atoms with Crippen LogP contribution in [-0.4, -0.2) is 105 Å². The second kappa shape index (κ2) is 14.0. The van der Waals surface area contributed by atoms with Gasteiger partial charge in [-0.2, -0.15) is 0 Å². The lowest BCUT2D eigenvalue weighted by molar-refractivity contribution is -0.244. The number of carboxylic acid groups (broad SMARTS) is 1. The average Bonchev–Trinajstić information content (AvgIpc) is 3.07. The second-order valence-electron chi connectivity index (χ2n) is 18.0. The number of aliphatic hydroxyl groups is 4. The van der Waals surface area contributed by atoms with Gasteiger partial charge in [-0.3, -0.25) is 4.79 Å². The molecule has 1 aliphatic heterocycles. The van der Waals surface area contributed by atoms with Crippen molar-refractivity contribution in [2.24, 2.45) is 51.8 Å². The number of hydrogen-bond acceptors (Lipinski definition) is 9. The molecule has 5 N–H and O–H groups in total. The number of fused-ring (bicyclic) bond motifs is 7. The maximum atomic E-state index is 14.1. The topological polar surface area (TPSA) is 157 Å². The van der Waals surface area contributed by atoms with Crippen molar-refractivity contribution in [2.45, 2.75) is 148 Å². The van der Waals surface area contributed by atoms with Crippen molar-refractivity contribution in [3.05, 3.63) is 11.6 Å². The smallest absolute Gasteiger partial charge is 0.335 e. The Balaban J connectivity index is 1.21. The first kappa shape index (κ1) is 38.2. The van der Waals surface area contributed by atoms with Gasteiger partial charge in [0, 0.05) is 6.54 Å². The summed E-state index contributed by atoms with van der Waals surface area (Å²) in [5, 5.41) is 53.4. The monoisotopic (exact) mass is 703 g/mol. The van der Waals surface area contributed by atoms with Crippen molar-refractivity contribution in [3.63, 3.8) is 0 Å². The molecule has 284 valence electrons. The van der Waals surface area contributed by atoms with Crippen LogP contribution >= 0.6 is 0 Å². The summed E-state index contributed by atoms with van der Waals surface area (Å²) in [5.41, 5.74) is -0.0923. The molecule has 0 aromatic carbocycles. The van der Waals surface area contributed by atoms with E-state index in [1.54, 1.807) is 0 Å². The lowest BCUT2D eigenvalue weighted by atomic mass is 9.37. The minimum Gasteiger partial charge on any atom is -0.479 e. The molecule has 15 atom stereocenters. The summed E-state index contributed by atoms with van der Waals surface area (Å²) < 4.78 is 11.8. The third-order valence-electron chi connectivity index (χ3n) is 15.8. The zero-order valence-corrected chi connectivity index (χ0v) is 31.4. The predicted molar refractivity (Wildman–Crippen MR) is 188 cm³/mol. The van der Waals surface area contributed by atoms with E-state index in [9.17, 15) is 35.1 Å². The molecule has 10 heteroatoms. The summed E-state index contributed by atoms with van der Waals surface area (Å²) in [6.45, 7) is 16.5. The minimum atomic E-state index is -1.72. The number of allylic oxidation sites excluding steroid dienone is 2. The van der Waals surface area contributed by atoms with Gasteiger partial charge in [0.05, 0.1) is 17.1 Å². The summed E-state index contributed by atoms with van der Waals surface area (Å²) >= 11 is 0. The molecule has 14 unspecified atom stereocenters. The maximum absolute atomic E-state index is 14.1. The first-order valence-electron chi connectivity index (χ1n) is 19.8. The van der Waals surface area contributed by atoms with Gasteiger partial charge in [-0.1, -0.05) is 46.3 Å². The molecular formula is C40H65NO9. The number of nitrogens with zero attached hydrogens (tertiary/aromatic N) is 1. The molecule has 6 aliphatic rings. The van der Waals surface area contributed by atoms with Gasteiger partial charge >= 0.3 is 11.9 Å². The van der Waals surface area contributed by atoms with Gasteiger partial charge in [-0.15, -0.1) is 0 Å². The van der Waals surface area contributed by atoms with Gasteiger partial charge in [0.2, 0.25) is 0 Å². The van der Waals surface area contributed by atoms with Crippen molar-refractivity contribution in [3.8, 4) is 0 Å². The number of carbonyl (C=O) groups excluding carboxylic acids is 1. The summed E-state index contributed by atoms with van der Waals surface area (Å²) in [6.07, 6.45) is 4.52. The first-order valence-corrected chi connectivity index (χ1v) is 19.8. The summed E-state index contributed by atoms with van der Waals surface area (Å²) in [7, 11) is 0. The number of carboxylic acids is 1. The van der Waals surface area contributed by atoms with E-state index in [4.69, 9.17) is 9.47 Å². The molecule has 0 spiro atoms. The number of aliphatic carboxylic acids is 1. The Morgan fingerprint density at radius 3 is 2.26 bits per heavy atom. The lowest BCUT2D eigenvalue weighted by Gasteiger charge is -2.68. The van der Waals surface area contributed by atoms with E-state index in [1.165, 1.54) is 5.57 Å². The van der Waals surface area contributed by atoms with E-state index in [2.05, 4.69) is 45.6 Å². The molecule has 0 aromatic rings. The highest BCUT2D eigenvalue weighted by atomic mass is 16.6. The fraction of sp³-hybridized carbons (Fsp3) is 0.900. The fourth-order valence-electron chi connectivity index (χ4n) is 12.8. The molecular weight excluding hydrogens is 638 g/mol. The molecule has 1 saturated heterocycles. The van der Waals surface area contributed by atoms with Crippen LogP contribution in [0.5, 0.6) is 0 Å².